The third-order valence-electron chi connectivity index (χ3n) is 5.94. The first-order chi connectivity index (χ1) is 18.8. The number of nitrogens with one attached hydrogen (secondary N) is 1. The van der Waals surface area contributed by atoms with Gasteiger partial charge in [-0.3, -0.25) is 4.79 Å². The summed E-state index contributed by atoms with van der Waals surface area (Å²) in [6.07, 6.45) is 0.709. The van der Waals surface area contributed by atoms with Gasteiger partial charge in [0.1, 0.15) is 5.52 Å². The van der Waals surface area contributed by atoms with E-state index in [1.807, 2.05) is 31.2 Å². The monoisotopic (exact) mass is 610 g/mol. The second kappa shape index (κ2) is 11.0. The number of pyridine rings is 1. The molecule has 0 atom stereocenters. The van der Waals surface area contributed by atoms with Crippen LogP contribution in [0.5, 0.6) is 5.88 Å². The largest absolute Gasteiger partial charge is 0.479 e. The molecule has 12 heteroatoms. The fourth-order valence-electron chi connectivity index (χ4n) is 4.07. The number of aromatic nitrogens is 5. The van der Waals surface area contributed by atoms with Crippen molar-refractivity contribution < 1.29 is 18.3 Å². The minimum absolute atomic E-state index is 0.0808. The van der Waals surface area contributed by atoms with Crippen molar-refractivity contribution >= 4 is 56.4 Å². The lowest BCUT2D eigenvalue weighted by Gasteiger charge is -2.16. The van der Waals surface area contributed by atoms with E-state index >= 15 is 0 Å². The molecule has 0 unspecified atom stereocenters. The summed E-state index contributed by atoms with van der Waals surface area (Å²) in [5, 5.41) is 3.57. The Morgan fingerprint density at radius 2 is 1.77 bits per heavy atom. The van der Waals surface area contributed by atoms with Crippen LogP contribution in [0.1, 0.15) is 28.3 Å². The maximum Gasteiger partial charge on any atom is 0.297 e. The second-order valence-electron chi connectivity index (χ2n) is 8.29. The van der Waals surface area contributed by atoms with Crippen molar-refractivity contribution in [2.24, 2.45) is 0 Å². The molecule has 0 saturated carbocycles. The lowest BCUT2D eigenvalue weighted by molar-refractivity contribution is 0.111. The standard InChI is InChI=1S/C27H18BrClF2N6O2/c1-13-15(16-6-3-7-17(22(16)29)20-11-32-21(12-38)27(36-20)39-2)5-4-8-18(13)34-25-23-19(9-14(28)10-33-23)35-26(37-25)24(30)31/h3-12,24H,1-2H3,(H,34,35,37). The molecule has 0 aliphatic carbocycles. The Balaban J connectivity index is 1.58. The van der Waals surface area contributed by atoms with Gasteiger partial charge in [-0.25, -0.2) is 33.7 Å². The predicted octanol–water partition coefficient (Wildman–Crippen LogP) is 7.38. The van der Waals surface area contributed by atoms with Crippen molar-refractivity contribution in [2.75, 3.05) is 12.4 Å². The smallest absolute Gasteiger partial charge is 0.297 e. The maximum absolute atomic E-state index is 13.6. The lowest BCUT2D eigenvalue weighted by Crippen LogP contribution is -2.04. The van der Waals surface area contributed by atoms with Crippen LogP contribution in [0.25, 0.3) is 33.4 Å². The van der Waals surface area contributed by atoms with E-state index in [0.29, 0.717) is 43.8 Å². The van der Waals surface area contributed by atoms with Gasteiger partial charge in [0.05, 0.1) is 29.5 Å². The average molecular weight is 612 g/mol. The number of ether oxygens (including phenoxy) is 1. The van der Waals surface area contributed by atoms with E-state index in [1.54, 1.807) is 24.4 Å². The van der Waals surface area contributed by atoms with Crippen LogP contribution >= 0.6 is 27.5 Å². The van der Waals surface area contributed by atoms with Crippen LogP contribution in [0.4, 0.5) is 20.3 Å². The number of fused-ring (bicyclic) bond motifs is 1. The number of methoxy groups -OCH3 is 1. The molecular formula is C27H18BrClF2N6O2. The quantitative estimate of drug-likeness (QED) is 0.190. The van der Waals surface area contributed by atoms with Crippen LogP contribution in [-0.2, 0) is 0 Å². The normalized spacial score (nSPS) is 11.2. The first kappa shape index (κ1) is 26.5. The Hall–Kier alpha value is -4.09. The van der Waals surface area contributed by atoms with Crippen molar-refractivity contribution in [3.05, 3.63) is 81.4 Å². The van der Waals surface area contributed by atoms with Gasteiger partial charge >= 0.3 is 0 Å². The van der Waals surface area contributed by atoms with E-state index in [4.69, 9.17) is 16.3 Å². The molecule has 0 radical (unpaired) electrons. The highest BCUT2D eigenvalue weighted by Crippen LogP contribution is 2.39. The van der Waals surface area contributed by atoms with E-state index in [-0.39, 0.29) is 22.9 Å². The van der Waals surface area contributed by atoms with Gasteiger partial charge in [-0.1, -0.05) is 41.9 Å². The van der Waals surface area contributed by atoms with Crippen LogP contribution in [0.15, 0.2) is 59.3 Å². The Morgan fingerprint density at radius 3 is 2.51 bits per heavy atom. The highest BCUT2D eigenvalue weighted by Gasteiger charge is 2.19. The van der Waals surface area contributed by atoms with Crippen LogP contribution < -0.4 is 10.1 Å². The zero-order chi connectivity index (χ0) is 27.7. The zero-order valence-electron chi connectivity index (χ0n) is 20.4. The topological polar surface area (TPSA) is 103 Å². The Kier molecular flexibility index (Phi) is 7.45. The van der Waals surface area contributed by atoms with E-state index in [1.165, 1.54) is 13.3 Å². The summed E-state index contributed by atoms with van der Waals surface area (Å²) in [5.41, 5.74) is 4.64. The summed E-state index contributed by atoms with van der Waals surface area (Å²) in [5.74, 6) is -0.362. The number of hydrogen-bond acceptors (Lipinski definition) is 8. The number of anilines is 2. The van der Waals surface area contributed by atoms with Gasteiger partial charge in [0.15, 0.2) is 23.6 Å². The molecule has 3 aromatic heterocycles. The lowest BCUT2D eigenvalue weighted by atomic mass is 9.96. The van der Waals surface area contributed by atoms with Gasteiger partial charge in [-0.05, 0) is 46.1 Å². The molecule has 3 heterocycles. The fraction of sp³-hybridized carbons (Fsp3) is 0.111. The number of carbonyl (C=O) groups excluding carboxylic acids is 1. The molecule has 0 saturated heterocycles. The number of benzene rings is 2. The Morgan fingerprint density at radius 1 is 1.03 bits per heavy atom. The molecule has 0 aliphatic rings. The number of alkyl halides is 2. The van der Waals surface area contributed by atoms with Gasteiger partial charge in [0, 0.05) is 27.5 Å². The Labute approximate surface area is 234 Å². The maximum atomic E-state index is 13.6. The summed E-state index contributed by atoms with van der Waals surface area (Å²) in [6, 6.07) is 12.6. The molecule has 0 aliphatic heterocycles. The fourth-order valence-corrected chi connectivity index (χ4v) is 4.71. The molecule has 2 aromatic carbocycles. The first-order valence-corrected chi connectivity index (χ1v) is 12.6. The predicted molar refractivity (Wildman–Crippen MR) is 148 cm³/mol. The molecule has 0 fully saturated rings. The molecule has 5 rings (SSSR count). The molecule has 0 spiro atoms. The molecule has 196 valence electrons. The van der Waals surface area contributed by atoms with Crippen LogP contribution in [0, 0.1) is 6.92 Å². The second-order valence-corrected chi connectivity index (χ2v) is 9.58. The molecule has 0 bridgehead atoms. The minimum atomic E-state index is -2.86. The van der Waals surface area contributed by atoms with Crippen LogP contribution in [-0.4, -0.2) is 38.3 Å². The summed E-state index contributed by atoms with van der Waals surface area (Å²) < 4.78 is 32.9. The van der Waals surface area contributed by atoms with E-state index < -0.39 is 12.2 Å². The number of hydrogen-bond donors (Lipinski definition) is 1. The van der Waals surface area contributed by atoms with E-state index in [9.17, 15) is 13.6 Å². The number of nitrogens with zero attached hydrogens (tertiary/aromatic N) is 5. The third kappa shape index (κ3) is 5.15. The van der Waals surface area contributed by atoms with Crippen molar-refractivity contribution in [3.8, 4) is 28.3 Å². The summed E-state index contributed by atoms with van der Waals surface area (Å²) in [4.78, 5) is 32.0. The van der Waals surface area contributed by atoms with E-state index in [0.717, 1.165) is 11.1 Å². The van der Waals surface area contributed by atoms with Gasteiger partial charge in [-0.2, -0.15) is 0 Å². The summed E-state index contributed by atoms with van der Waals surface area (Å²) in [6.45, 7) is 1.88. The molecule has 0 amide bonds. The van der Waals surface area contributed by atoms with Gasteiger partial charge in [-0.15, -0.1) is 0 Å². The Bertz CT molecular complexity index is 1740. The SMILES string of the molecule is COc1nc(-c2cccc(-c3cccc(Nc4nc(C(F)F)nc5cc(Br)cnc45)c3C)c2Cl)cnc1C=O. The van der Waals surface area contributed by atoms with Crippen molar-refractivity contribution in [1.82, 2.24) is 24.9 Å². The molecule has 8 nitrogen and oxygen atoms in total. The molecular weight excluding hydrogens is 594 g/mol. The van der Waals surface area contributed by atoms with Crippen molar-refractivity contribution in [2.45, 2.75) is 13.3 Å². The van der Waals surface area contributed by atoms with E-state index in [2.05, 4.69) is 46.2 Å². The average Bonchev–Trinajstić information content (AvgIpc) is 2.93. The number of aldehydes is 1. The minimum Gasteiger partial charge on any atom is -0.479 e. The number of rotatable bonds is 7. The number of halogens is 4. The number of carbonyl (C=O) groups is 1. The molecule has 39 heavy (non-hydrogen) atoms. The van der Waals surface area contributed by atoms with Crippen LogP contribution in [0.3, 0.4) is 0 Å². The first-order valence-electron chi connectivity index (χ1n) is 11.4. The highest BCUT2D eigenvalue weighted by atomic mass is 79.9. The van der Waals surface area contributed by atoms with Gasteiger partial charge in [0.2, 0.25) is 5.88 Å². The molecule has 1 N–H and O–H groups in total. The summed E-state index contributed by atoms with van der Waals surface area (Å²) >= 11 is 10.2. The third-order valence-corrected chi connectivity index (χ3v) is 6.78. The van der Waals surface area contributed by atoms with Crippen LogP contribution in [0.2, 0.25) is 5.02 Å². The van der Waals surface area contributed by atoms with Gasteiger partial charge in [0.25, 0.3) is 6.43 Å². The van der Waals surface area contributed by atoms with Crippen molar-refractivity contribution in [3.63, 3.8) is 0 Å². The summed E-state index contributed by atoms with van der Waals surface area (Å²) in [7, 11) is 1.40. The zero-order valence-corrected chi connectivity index (χ0v) is 22.8. The van der Waals surface area contributed by atoms with Gasteiger partial charge < -0.3 is 10.1 Å². The molecule has 5 aromatic rings. The van der Waals surface area contributed by atoms with Crippen molar-refractivity contribution in [1.29, 1.82) is 0 Å². The highest BCUT2D eigenvalue weighted by molar-refractivity contribution is 9.10.